The highest BCUT2D eigenvalue weighted by Crippen LogP contribution is 2.16. The molecule has 0 radical (unpaired) electrons. The lowest BCUT2D eigenvalue weighted by atomic mass is 10.1. The average molecular weight is 296 g/mol. The first-order valence-electron chi connectivity index (χ1n) is 4.15. The van der Waals surface area contributed by atoms with Crippen molar-refractivity contribution in [2.45, 2.75) is 11.2 Å². The van der Waals surface area contributed by atoms with E-state index in [1.807, 2.05) is 0 Å². The molecular weight excluding hydrogens is 287 g/mol. The second-order valence-electron chi connectivity index (χ2n) is 2.82. The van der Waals surface area contributed by atoms with E-state index in [2.05, 4.69) is 15.9 Å². The fourth-order valence-electron chi connectivity index (χ4n) is 1.02. The van der Waals surface area contributed by atoms with Gasteiger partial charge < -0.3 is 0 Å². The summed E-state index contributed by atoms with van der Waals surface area (Å²) in [6.07, 6.45) is 0.628. The molecule has 1 aromatic carbocycles. The van der Waals surface area contributed by atoms with Crippen LogP contribution in [0.15, 0.2) is 24.3 Å². The minimum atomic E-state index is -0.207. The van der Waals surface area contributed by atoms with E-state index in [0.717, 1.165) is 0 Å². The average Bonchev–Trinajstić information content (AvgIpc) is 2.18. The molecule has 1 atom stereocenters. The van der Waals surface area contributed by atoms with Crippen molar-refractivity contribution in [3.05, 3.63) is 34.9 Å². The quantitative estimate of drug-likeness (QED) is 0.608. The second kappa shape index (κ2) is 5.74. The van der Waals surface area contributed by atoms with E-state index in [-0.39, 0.29) is 10.6 Å². The largest absolute Gasteiger partial charge is 0.293 e. The lowest BCUT2D eigenvalue weighted by Gasteiger charge is -2.06. The van der Waals surface area contributed by atoms with Crippen LogP contribution in [0.1, 0.15) is 16.8 Å². The summed E-state index contributed by atoms with van der Waals surface area (Å²) in [4.78, 5) is 11.5. The van der Waals surface area contributed by atoms with Crippen molar-refractivity contribution in [2.75, 3.05) is 5.88 Å². The minimum Gasteiger partial charge on any atom is -0.293 e. The summed E-state index contributed by atoms with van der Waals surface area (Å²) in [7, 11) is 0. The highest BCUT2D eigenvalue weighted by molar-refractivity contribution is 9.10. The molecule has 0 aromatic heterocycles. The molecule has 14 heavy (non-hydrogen) atoms. The number of rotatable bonds is 4. The number of hydrogen-bond acceptors (Lipinski definition) is 1. The van der Waals surface area contributed by atoms with Crippen molar-refractivity contribution >= 4 is 44.9 Å². The Labute approximate surface area is 102 Å². The van der Waals surface area contributed by atoms with Crippen LogP contribution in [0.5, 0.6) is 0 Å². The molecule has 0 heterocycles. The van der Waals surface area contributed by atoms with Gasteiger partial charge in [0, 0.05) is 16.5 Å². The Kier molecular flexibility index (Phi) is 4.93. The fourth-order valence-corrected chi connectivity index (χ4v) is 2.12. The van der Waals surface area contributed by atoms with Gasteiger partial charge in [0.05, 0.1) is 4.83 Å². The molecule has 76 valence electrons. The zero-order valence-corrected chi connectivity index (χ0v) is 10.4. The number of benzene rings is 1. The summed E-state index contributed by atoms with van der Waals surface area (Å²) >= 11 is 14.6. The van der Waals surface area contributed by atoms with Crippen LogP contribution >= 0.6 is 39.1 Å². The molecule has 0 aliphatic carbocycles. The topological polar surface area (TPSA) is 17.1 Å². The maximum atomic E-state index is 11.7. The summed E-state index contributed by atoms with van der Waals surface area (Å²) in [6, 6.07) is 6.84. The lowest BCUT2D eigenvalue weighted by molar-refractivity contribution is 0.0990. The fraction of sp³-hybridized carbons (Fsp3) is 0.300. The number of halogens is 3. The maximum Gasteiger partial charge on any atom is 0.176 e. The Balaban J connectivity index is 2.74. The summed E-state index contributed by atoms with van der Waals surface area (Å²) in [5, 5.41) is 0.630. The van der Waals surface area contributed by atoms with Gasteiger partial charge in [0.2, 0.25) is 0 Å². The van der Waals surface area contributed by atoms with Gasteiger partial charge in [-0.05, 0) is 30.7 Å². The molecule has 4 heteroatoms. The molecule has 1 nitrogen and oxygen atoms in total. The number of ketones is 1. The number of carbonyl (C=O) groups is 1. The molecule has 0 aliphatic heterocycles. The number of alkyl halides is 2. The molecular formula is C10H9BrCl2O. The molecule has 1 aromatic rings. The SMILES string of the molecule is O=C(c1ccc(Cl)cc1)[C@H](Br)CCCl. The zero-order chi connectivity index (χ0) is 10.6. The smallest absolute Gasteiger partial charge is 0.176 e. The van der Waals surface area contributed by atoms with Crippen molar-refractivity contribution in [1.29, 1.82) is 0 Å². The summed E-state index contributed by atoms with van der Waals surface area (Å²) in [5.74, 6) is 0.511. The van der Waals surface area contributed by atoms with E-state index in [1.54, 1.807) is 24.3 Å². The van der Waals surface area contributed by atoms with Crippen LogP contribution in [-0.2, 0) is 0 Å². The summed E-state index contributed by atoms with van der Waals surface area (Å²) in [5.41, 5.74) is 0.654. The third-order valence-electron chi connectivity index (χ3n) is 1.78. The Hall–Kier alpha value is -0.0500. The molecule has 0 amide bonds. The lowest BCUT2D eigenvalue weighted by Crippen LogP contribution is -2.14. The third kappa shape index (κ3) is 3.26. The van der Waals surface area contributed by atoms with Gasteiger partial charge in [-0.3, -0.25) is 4.79 Å². The van der Waals surface area contributed by atoms with Crippen LogP contribution in [0, 0.1) is 0 Å². The number of Topliss-reactive ketones (excluding diaryl/α,β-unsaturated/α-hetero) is 1. The Morgan fingerprint density at radius 1 is 1.36 bits per heavy atom. The van der Waals surface area contributed by atoms with E-state index in [9.17, 15) is 4.79 Å². The van der Waals surface area contributed by atoms with E-state index >= 15 is 0 Å². The van der Waals surface area contributed by atoms with Gasteiger partial charge in [-0.2, -0.15) is 0 Å². The highest BCUT2D eigenvalue weighted by atomic mass is 79.9. The summed E-state index contributed by atoms with van der Waals surface area (Å²) < 4.78 is 0. The van der Waals surface area contributed by atoms with Crippen LogP contribution in [0.3, 0.4) is 0 Å². The molecule has 0 bridgehead atoms. The van der Waals surface area contributed by atoms with Crippen molar-refractivity contribution < 1.29 is 4.79 Å². The predicted molar refractivity (Wildman–Crippen MR) is 63.8 cm³/mol. The number of hydrogen-bond donors (Lipinski definition) is 0. The van der Waals surface area contributed by atoms with Gasteiger partial charge in [0.25, 0.3) is 0 Å². The van der Waals surface area contributed by atoms with E-state index in [0.29, 0.717) is 22.9 Å². The standard InChI is InChI=1S/C10H9BrCl2O/c11-9(5-6-12)10(14)7-1-3-8(13)4-2-7/h1-4,9H,5-6H2/t9-/m1/s1. The van der Waals surface area contributed by atoms with Crippen LogP contribution < -0.4 is 0 Å². The molecule has 0 unspecified atom stereocenters. The zero-order valence-electron chi connectivity index (χ0n) is 7.34. The Bertz CT molecular complexity index is 310. The van der Waals surface area contributed by atoms with Gasteiger partial charge in [-0.25, -0.2) is 0 Å². The van der Waals surface area contributed by atoms with Gasteiger partial charge in [0.1, 0.15) is 0 Å². The summed E-state index contributed by atoms with van der Waals surface area (Å²) in [6.45, 7) is 0. The van der Waals surface area contributed by atoms with E-state index < -0.39 is 0 Å². The second-order valence-corrected chi connectivity index (χ2v) is 4.74. The monoisotopic (exact) mass is 294 g/mol. The van der Waals surface area contributed by atoms with Crippen molar-refractivity contribution in [1.82, 2.24) is 0 Å². The molecule has 0 fully saturated rings. The van der Waals surface area contributed by atoms with Crippen LogP contribution in [0.2, 0.25) is 5.02 Å². The maximum absolute atomic E-state index is 11.7. The van der Waals surface area contributed by atoms with E-state index in [4.69, 9.17) is 23.2 Å². The molecule has 0 saturated carbocycles. The van der Waals surface area contributed by atoms with Gasteiger partial charge in [0.15, 0.2) is 5.78 Å². The molecule has 0 N–H and O–H groups in total. The Morgan fingerprint density at radius 3 is 2.43 bits per heavy atom. The van der Waals surface area contributed by atoms with Crippen molar-refractivity contribution in [3.63, 3.8) is 0 Å². The number of carbonyl (C=O) groups excluding carboxylic acids is 1. The molecule has 0 saturated heterocycles. The third-order valence-corrected chi connectivity index (χ3v) is 3.12. The predicted octanol–water partition coefficient (Wildman–Crippen LogP) is 3.92. The molecule has 0 spiro atoms. The van der Waals surface area contributed by atoms with Crippen molar-refractivity contribution in [3.8, 4) is 0 Å². The molecule has 1 rings (SSSR count). The van der Waals surface area contributed by atoms with Crippen LogP contribution in [0.25, 0.3) is 0 Å². The van der Waals surface area contributed by atoms with Crippen LogP contribution in [0.4, 0.5) is 0 Å². The first-order chi connectivity index (χ1) is 6.65. The van der Waals surface area contributed by atoms with Crippen molar-refractivity contribution in [2.24, 2.45) is 0 Å². The first kappa shape index (κ1) is 12.0. The van der Waals surface area contributed by atoms with E-state index in [1.165, 1.54) is 0 Å². The van der Waals surface area contributed by atoms with Gasteiger partial charge in [-0.15, -0.1) is 11.6 Å². The first-order valence-corrected chi connectivity index (χ1v) is 5.98. The minimum absolute atomic E-state index is 0.0438. The normalized spacial score (nSPS) is 12.5. The van der Waals surface area contributed by atoms with Gasteiger partial charge >= 0.3 is 0 Å². The van der Waals surface area contributed by atoms with Crippen LogP contribution in [-0.4, -0.2) is 16.5 Å². The Morgan fingerprint density at radius 2 is 1.93 bits per heavy atom. The molecule has 0 aliphatic rings. The van der Waals surface area contributed by atoms with Gasteiger partial charge in [-0.1, -0.05) is 27.5 Å². The highest BCUT2D eigenvalue weighted by Gasteiger charge is 2.15.